The lowest BCUT2D eigenvalue weighted by molar-refractivity contribution is -0.129. The van der Waals surface area contributed by atoms with Crippen LogP contribution < -0.4 is 10.1 Å². The monoisotopic (exact) mass is 341 g/mol. The van der Waals surface area contributed by atoms with Crippen molar-refractivity contribution in [3.05, 3.63) is 41.9 Å². The van der Waals surface area contributed by atoms with Crippen molar-refractivity contribution in [1.82, 2.24) is 25.0 Å². The van der Waals surface area contributed by atoms with Crippen LogP contribution in [0.15, 0.2) is 30.6 Å². The molecule has 2 aromatic rings. The van der Waals surface area contributed by atoms with Gasteiger partial charge in [-0.15, -0.1) is 0 Å². The summed E-state index contributed by atoms with van der Waals surface area (Å²) < 4.78 is 7.20. The number of methoxy groups -OCH3 is 1. The van der Waals surface area contributed by atoms with Crippen LogP contribution in [0, 0.1) is 0 Å². The SMILES string of the molecule is COc1ncccc1CN[C@@H]1CC(=O)N(C2CC2)[C@H]1c1ccnn1C. The Labute approximate surface area is 147 Å². The fourth-order valence-electron chi connectivity index (χ4n) is 3.73. The summed E-state index contributed by atoms with van der Waals surface area (Å²) in [6.45, 7) is 0.613. The normalized spacial score (nSPS) is 23.3. The van der Waals surface area contributed by atoms with Gasteiger partial charge < -0.3 is 15.0 Å². The van der Waals surface area contributed by atoms with Crippen molar-refractivity contribution in [3.8, 4) is 5.88 Å². The number of nitrogens with one attached hydrogen (secondary N) is 1. The highest BCUT2D eigenvalue weighted by atomic mass is 16.5. The smallest absolute Gasteiger partial charge is 0.225 e. The molecule has 1 saturated carbocycles. The standard InChI is InChI=1S/C18H23N5O2/c1-22-15(7-9-21-22)17-14(10-16(24)23(17)13-5-6-13)20-11-12-4-3-8-19-18(12)25-2/h3-4,7-9,13-14,17,20H,5-6,10-11H2,1-2H3/t14-,17-/m1/s1. The van der Waals surface area contributed by atoms with E-state index in [9.17, 15) is 4.79 Å². The number of nitrogens with zero attached hydrogens (tertiary/aromatic N) is 4. The van der Waals surface area contributed by atoms with Crippen molar-refractivity contribution in [3.63, 3.8) is 0 Å². The van der Waals surface area contributed by atoms with E-state index in [0.717, 1.165) is 24.1 Å². The lowest BCUT2D eigenvalue weighted by Crippen LogP contribution is -2.38. The van der Waals surface area contributed by atoms with Crippen LogP contribution >= 0.6 is 0 Å². The van der Waals surface area contributed by atoms with E-state index < -0.39 is 0 Å². The third-order valence-electron chi connectivity index (χ3n) is 5.06. The maximum atomic E-state index is 12.6. The summed E-state index contributed by atoms with van der Waals surface area (Å²) in [5.41, 5.74) is 2.07. The minimum Gasteiger partial charge on any atom is -0.481 e. The van der Waals surface area contributed by atoms with Gasteiger partial charge in [-0.05, 0) is 25.0 Å². The zero-order valence-electron chi connectivity index (χ0n) is 14.6. The van der Waals surface area contributed by atoms with Crippen molar-refractivity contribution in [2.45, 2.75) is 43.9 Å². The summed E-state index contributed by atoms with van der Waals surface area (Å²) in [7, 11) is 3.56. The minimum atomic E-state index is 0.0233. The molecule has 1 N–H and O–H groups in total. The first-order valence-corrected chi connectivity index (χ1v) is 8.69. The Balaban J connectivity index is 1.57. The molecule has 2 aliphatic rings. The van der Waals surface area contributed by atoms with Gasteiger partial charge in [-0.3, -0.25) is 9.48 Å². The third kappa shape index (κ3) is 3.00. The number of aromatic nitrogens is 3. The van der Waals surface area contributed by atoms with Gasteiger partial charge in [-0.2, -0.15) is 5.10 Å². The number of pyridine rings is 1. The minimum absolute atomic E-state index is 0.0233. The molecule has 0 spiro atoms. The maximum absolute atomic E-state index is 12.6. The molecular formula is C18H23N5O2. The second kappa shape index (κ2) is 6.48. The predicted octanol–water partition coefficient (Wildman–Crippen LogP) is 1.42. The van der Waals surface area contributed by atoms with Crippen LogP contribution in [-0.4, -0.2) is 44.8 Å². The van der Waals surface area contributed by atoms with Crippen LogP contribution in [0.4, 0.5) is 0 Å². The maximum Gasteiger partial charge on any atom is 0.225 e. The topological polar surface area (TPSA) is 72.3 Å². The van der Waals surface area contributed by atoms with Crippen LogP contribution in [0.5, 0.6) is 5.88 Å². The van der Waals surface area contributed by atoms with Crippen molar-refractivity contribution in [2.24, 2.45) is 7.05 Å². The molecule has 0 radical (unpaired) electrons. The van der Waals surface area contributed by atoms with E-state index in [4.69, 9.17) is 4.74 Å². The van der Waals surface area contributed by atoms with E-state index >= 15 is 0 Å². The fourth-order valence-corrected chi connectivity index (χ4v) is 3.73. The molecule has 1 saturated heterocycles. The van der Waals surface area contributed by atoms with Crippen LogP contribution in [-0.2, 0) is 18.4 Å². The Morgan fingerprint density at radius 1 is 1.32 bits per heavy atom. The Morgan fingerprint density at radius 3 is 2.84 bits per heavy atom. The summed E-state index contributed by atoms with van der Waals surface area (Å²) >= 11 is 0. The van der Waals surface area contributed by atoms with Crippen molar-refractivity contribution in [1.29, 1.82) is 0 Å². The summed E-state index contributed by atoms with van der Waals surface area (Å²) in [5.74, 6) is 0.847. The molecular weight excluding hydrogens is 318 g/mol. The summed E-state index contributed by atoms with van der Waals surface area (Å²) in [6.07, 6.45) is 6.22. The molecule has 2 aromatic heterocycles. The number of carbonyl (C=O) groups is 1. The zero-order valence-corrected chi connectivity index (χ0v) is 14.6. The molecule has 0 aromatic carbocycles. The number of hydrogen-bond acceptors (Lipinski definition) is 5. The Kier molecular flexibility index (Phi) is 4.17. The molecule has 1 aliphatic carbocycles. The average Bonchev–Trinajstić information content (AvgIpc) is 3.29. The lowest BCUT2D eigenvalue weighted by Gasteiger charge is -2.29. The molecule has 2 fully saturated rings. The first-order chi connectivity index (χ1) is 12.2. The van der Waals surface area contributed by atoms with E-state index in [2.05, 4.69) is 20.3 Å². The molecule has 1 aliphatic heterocycles. The number of rotatable bonds is 6. The highest BCUT2D eigenvalue weighted by Crippen LogP contribution is 2.41. The molecule has 2 atom stereocenters. The number of aryl methyl sites for hydroxylation is 1. The summed E-state index contributed by atoms with van der Waals surface area (Å²) in [6, 6.07) is 6.36. The van der Waals surface area contributed by atoms with Crippen LogP contribution in [0.3, 0.4) is 0 Å². The molecule has 7 heteroatoms. The van der Waals surface area contributed by atoms with E-state index in [1.54, 1.807) is 19.5 Å². The fraction of sp³-hybridized carbons (Fsp3) is 0.500. The number of ether oxygens (including phenoxy) is 1. The lowest BCUT2D eigenvalue weighted by atomic mass is 10.0. The number of likely N-dealkylation sites (tertiary alicyclic amines) is 1. The Morgan fingerprint density at radius 2 is 2.16 bits per heavy atom. The number of amides is 1. The first kappa shape index (κ1) is 16.1. The van der Waals surface area contributed by atoms with E-state index in [0.29, 0.717) is 24.9 Å². The highest BCUT2D eigenvalue weighted by Gasteiger charge is 2.48. The third-order valence-corrected chi connectivity index (χ3v) is 5.06. The van der Waals surface area contributed by atoms with Gasteiger partial charge >= 0.3 is 0 Å². The van der Waals surface area contributed by atoms with Crippen LogP contribution in [0.1, 0.15) is 36.6 Å². The molecule has 0 bridgehead atoms. The van der Waals surface area contributed by atoms with Crippen LogP contribution in [0.25, 0.3) is 0 Å². The van der Waals surface area contributed by atoms with Gasteiger partial charge in [-0.25, -0.2) is 4.98 Å². The molecule has 3 heterocycles. The van der Waals surface area contributed by atoms with Crippen molar-refractivity contribution >= 4 is 5.91 Å². The largest absolute Gasteiger partial charge is 0.481 e. The quantitative estimate of drug-likeness (QED) is 0.860. The Hall–Kier alpha value is -2.41. The van der Waals surface area contributed by atoms with Gasteiger partial charge in [0.15, 0.2) is 0 Å². The van der Waals surface area contributed by atoms with E-state index in [-0.39, 0.29) is 18.0 Å². The van der Waals surface area contributed by atoms with Crippen molar-refractivity contribution < 1.29 is 9.53 Å². The second-order valence-electron chi connectivity index (χ2n) is 6.72. The van der Waals surface area contributed by atoms with Gasteiger partial charge in [0.1, 0.15) is 0 Å². The second-order valence-corrected chi connectivity index (χ2v) is 6.72. The van der Waals surface area contributed by atoms with Gasteiger partial charge in [0.05, 0.1) is 18.8 Å². The van der Waals surface area contributed by atoms with Gasteiger partial charge in [0.2, 0.25) is 11.8 Å². The van der Waals surface area contributed by atoms with Crippen molar-refractivity contribution in [2.75, 3.05) is 7.11 Å². The molecule has 132 valence electrons. The predicted molar refractivity (Wildman–Crippen MR) is 91.9 cm³/mol. The Bertz CT molecular complexity index is 770. The molecule has 25 heavy (non-hydrogen) atoms. The molecule has 7 nitrogen and oxygen atoms in total. The van der Waals surface area contributed by atoms with Crippen LogP contribution in [0.2, 0.25) is 0 Å². The zero-order chi connectivity index (χ0) is 17.4. The number of carbonyl (C=O) groups excluding carboxylic acids is 1. The number of hydrogen-bond donors (Lipinski definition) is 1. The summed E-state index contributed by atoms with van der Waals surface area (Å²) in [4.78, 5) is 18.9. The van der Waals surface area contributed by atoms with Gasteiger partial charge in [-0.1, -0.05) is 6.07 Å². The average molecular weight is 341 g/mol. The molecule has 4 rings (SSSR count). The molecule has 0 unspecified atom stereocenters. The van der Waals surface area contributed by atoms with E-state index in [1.807, 2.05) is 29.9 Å². The van der Waals surface area contributed by atoms with E-state index in [1.165, 1.54) is 0 Å². The summed E-state index contributed by atoms with van der Waals surface area (Å²) in [5, 5.41) is 7.86. The van der Waals surface area contributed by atoms with Gasteiger partial charge in [0.25, 0.3) is 0 Å². The van der Waals surface area contributed by atoms with Gasteiger partial charge in [0, 0.05) is 50.1 Å². The highest BCUT2D eigenvalue weighted by molar-refractivity contribution is 5.81. The first-order valence-electron chi connectivity index (χ1n) is 8.69. The molecule has 1 amide bonds.